The van der Waals surface area contributed by atoms with E-state index in [0.717, 1.165) is 24.3 Å². The fraction of sp³-hybridized carbons (Fsp3) is 0.273. The minimum atomic E-state index is -3.47. The molecule has 1 aliphatic carbocycles. The normalized spacial score (nSPS) is 14.2. The molecule has 4 aromatic heterocycles. The van der Waals surface area contributed by atoms with Crippen molar-refractivity contribution in [1.29, 1.82) is 0 Å². The number of pyridine rings is 2. The number of hydrogen-bond acceptors (Lipinski definition) is 7. The van der Waals surface area contributed by atoms with Crippen molar-refractivity contribution in [1.82, 2.24) is 40.2 Å². The zero-order chi connectivity index (χ0) is 31.8. The predicted molar refractivity (Wildman–Crippen MR) is 173 cm³/mol. The zero-order valence-corrected chi connectivity index (χ0v) is 25.9. The summed E-state index contributed by atoms with van der Waals surface area (Å²) in [7, 11) is -3.47. The van der Waals surface area contributed by atoms with Crippen molar-refractivity contribution in [3.05, 3.63) is 83.8 Å². The molecule has 10 nitrogen and oxygen atoms in total. The molecule has 4 N–H and O–H groups in total. The summed E-state index contributed by atoms with van der Waals surface area (Å²) in [5.41, 5.74) is 5.07. The van der Waals surface area contributed by atoms with Crippen LogP contribution in [0.1, 0.15) is 36.8 Å². The van der Waals surface area contributed by atoms with Gasteiger partial charge in [-0.15, -0.1) is 0 Å². The molecule has 4 heterocycles. The van der Waals surface area contributed by atoms with E-state index in [2.05, 4.69) is 35.2 Å². The number of aromatic amines is 2. The standard InChI is InChI=1S/C33H32F2N8O2S/c1-46(44,45)39-17-20-10-22(13-24(34)12-20)30-31-27(8-9-38-30)40-33(41-31)32-28-26(42-43-32)7-6-25(29(28)35)23-11-21(16-37-18-23)15-36-14-19-4-2-3-5-19/h6-13,16,18-19,36,39H,2-5,14-15,17H2,1H3,(H,40,41)(H,42,43). The average molecular weight is 643 g/mol. The van der Waals surface area contributed by atoms with Crippen LogP contribution in [-0.2, 0) is 23.1 Å². The van der Waals surface area contributed by atoms with Crippen LogP contribution < -0.4 is 10.0 Å². The summed E-state index contributed by atoms with van der Waals surface area (Å²) in [5, 5.41) is 11.1. The van der Waals surface area contributed by atoms with Crippen LogP contribution in [0.25, 0.3) is 55.8 Å². The van der Waals surface area contributed by atoms with Gasteiger partial charge in [0.1, 0.15) is 22.8 Å². The second-order valence-corrected chi connectivity index (χ2v) is 13.7. The number of hydrogen-bond donors (Lipinski definition) is 4. The van der Waals surface area contributed by atoms with Gasteiger partial charge in [-0.3, -0.25) is 15.1 Å². The van der Waals surface area contributed by atoms with E-state index >= 15 is 4.39 Å². The zero-order valence-electron chi connectivity index (χ0n) is 25.1. The molecular weight excluding hydrogens is 610 g/mol. The Bertz CT molecular complexity index is 2170. The van der Waals surface area contributed by atoms with Crippen LogP contribution in [0, 0.1) is 17.6 Å². The summed E-state index contributed by atoms with van der Waals surface area (Å²) in [6.07, 6.45) is 11.2. The van der Waals surface area contributed by atoms with Crippen molar-refractivity contribution in [3.63, 3.8) is 0 Å². The molecule has 13 heteroatoms. The van der Waals surface area contributed by atoms with Gasteiger partial charge in [-0.1, -0.05) is 12.8 Å². The van der Waals surface area contributed by atoms with Crippen molar-refractivity contribution in [3.8, 4) is 33.9 Å². The number of aromatic nitrogens is 6. The maximum absolute atomic E-state index is 16.3. The summed E-state index contributed by atoms with van der Waals surface area (Å²) < 4.78 is 56.5. The van der Waals surface area contributed by atoms with Crippen LogP contribution >= 0.6 is 0 Å². The monoisotopic (exact) mass is 642 g/mol. The van der Waals surface area contributed by atoms with Gasteiger partial charge in [0.2, 0.25) is 10.0 Å². The molecule has 0 bridgehead atoms. The van der Waals surface area contributed by atoms with Crippen LogP contribution in [0.2, 0.25) is 0 Å². The molecule has 6 aromatic rings. The molecule has 236 valence electrons. The van der Waals surface area contributed by atoms with E-state index in [0.29, 0.717) is 56.9 Å². The maximum Gasteiger partial charge on any atom is 0.209 e. The molecule has 1 saturated carbocycles. The van der Waals surface area contributed by atoms with E-state index in [9.17, 15) is 12.8 Å². The highest BCUT2D eigenvalue weighted by Gasteiger charge is 2.21. The van der Waals surface area contributed by atoms with Crippen molar-refractivity contribution in [2.24, 2.45) is 5.92 Å². The van der Waals surface area contributed by atoms with Gasteiger partial charge in [-0.05, 0) is 78.9 Å². The first-order valence-electron chi connectivity index (χ1n) is 15.1. The highest BCUT2D eigenvalue weighted by molar-refractivity contribution is 7.88. The lowest BCUT2D eigenvalue weighted by molar-refractivity contribution is 0.489. The number of nitrogens with zero attached hydrogens (tertiary/aromatic N) is 4. The van der Waals surface area contributed by atoms with Crippen LogP contribution in [-0.4, -0.2) is 51.4 Å². The van der Waals surface area contributed by atoms with Gasteiger partial charge in [0.25, 0.3) is 0 Å². The third-order valence-electron chi connectivity index (χ3n) is 8.40. The van der Waals surface area contributed by atoms with Crippen molar-refractivity contribution in [2.45, 2.75) is 38.8 Å². The Balaban J connectivity index is 1.22. The van der Waals surface area contributed by atoms with E-state index < -0.39 is 21.7 Å². The molecule has 1 aliphatic rings. The smallest absolute Gasteiger partial charge is 0.209 e. The third kappa shape index (κ3) is 6.26. The number of rotatable bonds is 10. The average Bonchev–Trinajstić information content (AvgIpc) is 3.80. The van der Waals surface area contributed by atoms with Crippen molar-refractivity contribution < 1.29 is 17.2 Å². The lowest BCUT2D eigenvalue weighted by Crippen LogP contribution is -2.21. The van der Waals surface area contributed by atoms with Gasteiger partial charge < -0.3 is 10.3 Å². The Morgan fingerprint density at radius 2 is 1.76 bits per heavy atom. The van der Waals surface area contributed by atoms with E-state index in [1.54, 1.807) is 42.9 Å². The third-order valence-corrected chi connectivity index (χ3v) is 9.07. The van der Waals surface area contributed by atoms with Gasteiger partial charge >= 0.3 is 0 Å². The van der Waals surface area contributed by atoms with E-state index in [-0.39, 0.29) is 17.6 Å². The minimum absolute atomic E-state index is 0.0817. The van der Waals surface area contributed by atoms with Crippen LogP contribution in [0.4, 0.5) is 8.78 Å². The molecule has 46 heavy (non-hydrogen) atoms. The van der Waals surface area contributed by atoms with E-state index in [1.165, 1.54) is 37.8 Å². The number of fused-ring (bicyclic) bond motifs is 2. The largest absolute Gasteiger partial charge is 0.336 e. The Morgan fingerprint density at radius 1 is 0.935 bits per heavy atom. The fourth-order valence-electron chi connectivity index (χ4n) is 6.20. The number of benzene rings is 2. The molecule has 0 atom stereocenters. The molecule has 0 amide bonds. The lowest BCUT2D eigenvalue weighted by atomic mass is 10.0. The Labute approximate surface area is 264 Å². The molecule has 7 rings (SSSR count). The molecule has 0 saturated heterocycles. The number of halogens is 2. The van der Waals surface area contributed by atoms with Crippen LogP contribution in [0.15, 0.2) is 61.1 Å². The second-order valence-electron chi connectivity index (χ2n) is 11.9. The summed E-state index contributed by atoms with van der Waals surface area (Å²) >= 11 is 0. The number of H-pyrrole nitrogens is 2. The second kappa shape index (κ2) is 12.3. The van der Waals surface area contributed by atoms with Crippen LogP contribution in [0.3, 0.4) is 0 Å². The first-order valence-corrected chi connectivity index (χ1v) is 17.0. The fourth-order valence-corrected chi connectivity index (χ4v) is 6.62. The van der Waals surface area contributed by atoms with Gasteiger partial charge in [-0.2, -0.15) is 5.10 Å². The Kier molecular flexibility index (Phi) is 8.05. The topological polar surface area (TPSA) is 141 Å². The molecule has 0 aliphatic heterocycles. The Morgan fingerprint density at radius 3 is 2.59 bits per heavy atom. The van der Waals surface area contributed by atoms with Gasteiger partial charge in [0.05, 0.1) is 28.4 Å². The molecule has 0 spiro atoms. The first kappa shape index (κ1) is 30.1. The van der Waals surface area contributed by atoms with E-state index in [4.69, 9.17) is 4.98 Å². The summed E-state index contributed by atoms with van der Waals surface area (Å²) in [6, 6.07) is 11.4. The number of sulfonamides is 1. The van der Waals surface area contributed by atoms with Gasteiger partial charge in [0, 0.05) is 48.4 Å². The predicted octanol–water partition coefficient (Wildman–Crippen LogP) is 5.84. The molecule has 2 aromatic carbocycles. The minimum Gasteiger partial charge on any atom is -0.336 e. The quantitative estimate of drug-likeness (QED) is 0.147. The summed E-state index contributed by atoms with van der Waals surface area (Å²) in [5.74, 6) is 0.0283. The summed E-state index contributed by atoms with van der Waals surface area (Å²) in [6.45, 7) is 1.55. The number of imidazole rings is 1. The summed E-state index contributed by atoms with van der Waals surface area (Å²) in [4.78, 5) is 16.8. The molecule has 0 radical (unpaired) electrons. The van der Waals surface area contributed by atoms with E-state index in [1.807, 2.05) is 6.07 Å². The van der Waals surface area contributed by atoms with Crippen molar-refractivity contribution >= 4 is 32.0 Å². The lowest BCUT2D eigenvalue weighted by Gasteiger charge is -2.11. The molecular formula is C33H32F2N8O2S. The first-order chi connectivity index (χ1) is 22.2. The van der Waals surface area contributed by atoms with Gasteiger partial charge in [0.15, 0.2) is 5.82 Å². The van der Waals surface area contributed by atoms with Crippen molar-refractivity contribution in [2.75, 3.05) is 12.8 Å². The Hall–Kier alpha value is -4.59. The molecule has 1 fully saturated rings. The molecule has 0 unspecified atom stereocenters. The maximum atomic E-state index is 16.3. The highest BCUT2D eigenvalue weighted by atomic mass is 32.2. The highest BCUT2D eigenvalue weighted by Crippen LogP contribution is 2.35. The van der Waals surface area contributed by atoms with Crippen LogP contribution in [0.5, 0.6) is 0 Å². The SMILES string of the molecule is CS(=O)(=O)NCc1cc(F)cc(-c2nccc3[nH]c(-c4n[nH]c5ccc(-c6cncc(CNCC7CCCC7)c6)c(F)c45)nc23)c1. The van der Waals surface area contributed by atoms with Gasteiger partial charge in [-0.25, -0.2) is 26.9 Å². The number of nitrogens with one attached hydrogen (secondary N) is 4.